The second-order valence-corrected chi connectivity index (χ2v) is 5.49. The van der Waals surface area contributed by atoms with Crippen LogP contribution in [0.5, 0.6) is 5.75 Å². The standard InChI is InChI=1S/C16H24N2O2/c1-11-9-12(2)15(14(10-11)20-4)16(19)13(3)18-7-5-17-6-8-18/h9-10,13,17H,5-8H2,1-4H3. The molecule has 110 valence electrons. The van der Waals surface area contributed by atoms with E-state index in [1.54, 1.807) is 7.11 Å². The second-order valence-electron chi connectivity index (χ2n) is 5.49. The summed E-state index contributed by atoms with van der Waals surface area (Å²) in [5.74, 6) is 0.843. The van der Waals surface area contributed by atoms with Gasteiger partial charge in [-0.05, 0) is 38.0 Å². The van der Waals surface area contributed by atoms with Crippen LogP contribution >= 0.6 is 0 Å². The van der Waals surface area contributed by atoms with Crippen LogP contribution in [0.15, 0.2) is 12.1 Å². The first-order chi connectivity index (χ1) is 9.54. The molecule has 0 spiro atoms. The van der Waals surface area contributed by atoms with Gasteiger partial charge in [0.05, 0.1) is 18.7 Å². The predicted molar refractivity (Wildman–Crippen MR) is 80.7 cm³/mol. The van der Waals surface area contributed by atoms with Crippen molar-refractivity contribution in [2.75, 3.05) is 33.3 Å². The van der Waals surface area contributed by atoms with Gasteiger partial charge in [0.15, 0.2) is 5.78 Å². The van der Waals surface area contributed by atoms with Crippen LogP contribution in [0, 0.1) is 13.8 Å². The molecular formula is C16H24N2O2. The van der Waals surface area contributed by atoms with Gasteiger partial charge in [-0.25, -0.2) is 0 Å². The number of piperazine rings is 1. The zero-order chi connectivity index (χ0) is 14.7. The van der Waals surface area contributed by atoms with Crippen LogP contribution in [0.4, 0.5) is 0 Å². The van der Waals surface area contributed by atoms with Crippen LogP contribution in [0.1, 0.15) is 28.4 Å². The van der Waals surface area contributed by atoms with E-state index in [-0.39, 0.29) is 11.8 Å². The molecule has 0 bridgehead atoms. The molecule has 1 aromatic rings. The zero-order valence-corrected chi connectivity index (χ0v) is 12.8. The van der Waals surface area contributed by atoms with Gasteiger partial charge in [0, 0.05) is 26.2 Å². The molecule has 1 aliphatic heterocycles. The molecule has 1 N–H and O–H groups in total. The normalized spacial score (nSPS) is 17.8. The van der Waals surface area contributed by atoms with Crippen LogP contribution < -0.4 is 10.1 Å². The van der Waals surface area contributed by atoms with E-state index in [4.69, 9.17) is 4.74 Å². The molecule has 0 aromatic heterocycles. The lowest BCUT2D eigenvalue weighted by molar-refractivity contribution is 0.0816. The van der Waals surface area contributed by atoms with E-state index in [2.05, 4.69) is 10.2 Å². The Bertz CT molecular complexity index is 493. The Morgan fingerprint density at radius 3 is 2.55 bits per heavy atom. The van der Waals surface area contributed by atoms with Crippen molar-refractivity contribution in [3.8, 4) is 5.75 Å². The SMILES string of the molecule is COc1cc(C)cc(C)c1C(=O)C(C)N1CCNCC1. The molecule has 1 unspecified atom stereocenters. The van der Waals surface area contributed by atoms with Crippen molar-refractivity contribution in [1.82, 2.24) is 10.2 Å². The maximum Gasteiger partial charge on any atom is 0.183 e. The number of Topliss-reactive ketones (excluding diaryl/α,β-unsaturated/α-hetero) is 1. The Morgan fingerprint density at radius 1 is 1.30 bits per heavy atom. The number of carbonyl (C=O) groups is 1. The molecule has 1 saturated heterocycles. The number of benzene rings is 1. The van der Waals surface area contributed by atoms with Crippen LogP contribution in [-0.2, 0) is 0 Å². The summed E-state index contributed by atoms with van der Waals surface area (Å²) in [6.45, 7) is 9.71. The number of nitrogens with one attached hydrogen (secondary N) is 1. The highest BCUT2D eigenvalue weighted by atomic mass is 16.5. The van der Waals surface area contributed by atoms with Crippen LogP contribution in [0.3, 0.4) is 0 Å². The summed E-state index contributed by atoms with van der Waals surface area (Å²) in [5.41, 5.74) is 2.84. The minimum absolute atomic E-state index is 0.104. The topological polar surface area (TPSA) is 41.6 Å². The molecule has 1 aromatic carbocycles. The molecule has 1 atom stereocenters. The van der Waals surface area contributed by atoms with Crippen LogP contribution in [-0.4, -0.2) is 50.0 Å². The van der Waals surface area contributed by atoms with Gasteiger partial charge >= 0.3 is 0 Å². The summed E-state index contributed by atoms with van der Waals surface area (Å²) in [5, 5.41) is 3.31. The molecule has 1 aliphatic rings. The minimum Gasteiger partial charge on any atom is -0.496 e. The number of aryl methyl sites for hydroxylation is 2. The smallest absolute Gasteiger partial charge is 0.183 e. The van der Waals surface area contributed by atoms with Gasteiger partial charge < -0.3 is 10.1 Å². The predicted octanol–water partition coefficient (Wildman–Crippen LogP) is 1.79. The van der Waals surface area contributed by atoms with Gasteiger partial charge in [0.25, 0.3) is 0 Å². The maximum absolute atomic E-state index is 12.8. The molecule has 0 radical (unpaired) electrons. The molecule has 2 rings (SSSR count). The molecule has 0 aliphatic carbocycles. The number of nitrogens with zero attached hydrogens (tertiary/aromatic N) is 1. The summed E-state index contributed by atoms with van der Waals surface area (Å²) < 4.78 is 5.41. The Kier molecular flexibility index (Phi) is 4.78. The molecule has 0 amide bonds. The number of methoxy groups -OCH3 is 1. The Labute approximate surface area is 121 Å². The van der Waals surface area contributed by atoms with Crippen molar-refractivity contribution in [2.45, 2.75) is 26.8 Å². The lowest BCUT2D eigenvalue weighted by Crippen LogP contribution is -2.50. The lowest BCUT2D eigenvalue weighted by atomic mass is 9.96. The number of ether oxygens (including phenoxy) is 1. The zero-order valence-electron chi connectivity index (χ0n) is 12.8. The largest absolute Gasteiger partial charge is 0.496 e. The summed E-state index contributed by atoms with van der Waals surface area (Å²) in [7, 11) is 1.63. The highest BCUT2D eigenvalue weighted by Crippen LogP contribution is 2.26. The van der Waals surface area contributed by atoms with Gasteiger partial charge in [-0.1, -0.05) is 6.07 Å². The fourth-order valence-corrected chi connectivity index (χ4v) is 2.85. The summed E-state index contributed by atoms with van der Waals surface area (Å²) in [4.78, 5) is 15.0. The Morgan fingerprint density at radius 2 is 1.95 bits per heavy atom. The number of hydrogen-bond donors (Lipinski definition) is 1. The third kappa shape index (κ3) is 3.02. The van der Waals surface area contributed by atoms with E-state index >= 15 is 0 Å². The molecule has 4 nitrogen and oxygen atoms in total. The van der Waals surface area contributed by atoms with E-state index in [0.717, 1.165) is 42.9 Å². The lowest BCUT2D eigenvalue weighted by Gasteiger charge is -2.32. The minimum atomic E-state index is -0.104. The average molecular weight is 276 g/mol. The number of ketones is 1. The highest BCUT2D eigenvalue weighted by molar-refractivity contribution is 6.03. The Balaban J connectivity index is 2.28. The first kappa shape index (κ1) is 15.0. The van der Waals surface area contributed by atoms with E-state index in [1.807, 2.05) is 32.9 Å². The first-order valence-electron chi connectivity index (χ1n) is 7.18. The average Bonchev–Trinajstić information content (AvgIpc) is 2.46. The fraction of sp³-hybridized carbons (Fsp3) is 0.562. The number of hydrogen-bond acceptors (Lipinski definition) is 4. The van der Waals surface area contributed by atoms with E-state index in [1.165, 1.54) is 0 Å². The van der Waals surface area contributed by atoms with E-state index < -0.39 is 0 Å². The quantitative estimate of drug-likeness (QED) is 0.851. The van der Waals surface area contributed by atoms with Gasteiger partial charge in [0.2, 0.25) is 0 Å². The first-order valence-corrected chi connectivity index (χ1v) is 7.18. The maximum atomic E-state index is 12.8. The van der Waals surface area contributed by atoms with Crippen LogP contribution in [0.2, 0.25) is 0 Å². The van der Waals surface area contributed by atoms with Crippen molar-refractivity contribution >= 4 is 5.78 Å². The van der Waals surface area contributed by atoms with Crippen LogP contribution in [0.25, 0.3) is 0 Å². The van der Waals surface area contributed by atoms with Gasteiger partial charge in [-0.15, -0.1) is 0 Å². The molecule has 0 saturated carbocycles. The number of carbonyl (C=O) groups excluding carboxylic acids is 1. The molecule has 1 heterocycles. The summed E-state index contributed by atoms with van der Waals surface area (Å²) >= 11 is 0. The van der Waals surface area contributed by atoms with Crippen molar-refractivity contribution in [1.29, 1.82) is 0 Å². The van der Waals surface area contributed by atoms with Gasteiger partial charge in [-0.2, -0.15) is 0 Å². The van der Waals surface area contributed by atoms with Crippen molar-refractivity contribution < 1.29 is 9.53 Å². The third-order valence-electron chi connectivity index (χ3n) is 3.99. The summed E-state index contributed by atoms with van der Waals surface area (Å²) in [6, 6.07) is 3.87. The Hall–Kier alpha value is -1.39. The van der Waals surface area contributed by atoms with Gasteiger partial charge in [-0.3, -0.25) is 9.69 Å². The molecular weight excluding hydrogens is 252 g/mol. The monoisotopic (exact) mass is 276 g/mol. The molecule has 20 heavy (non-hydrogen) atoms. The third-order valence-corrected chi connectivity index (χ3v) is 3.99. The fourth-order valence-electron chi connectivity index (χ4n) is 2.85. The van der Waals surface area contributed by atoms with Crippen molar-refractivity contribution in [3.63, 3.8) is 0 Å². The van der Waals surface area contributed by atoms with E-state index in [0.29, 0.717) is 5.75 Å². The van der Waals surface area contributed by atoms with Gasteiger partial charge in [0.1, 0.15) is 5.75 Å². The highest BCUT2D eigenvalue weighted by Gasteiger charge is 2.27. The van der Waals surface area contributed by atoms with Crippen molar-refractivity contribution in [3.05, 3.63) is 28.8 Å². The summed E-state index contributed by atoms with van der Waals surface area (Å²) in [6.07, 6.45) is 0. The number of rotatable bonds is 4. The van der Waals surface area contributed by atoms with E-state index in [9.17, 15) is 4.79 Å². The second kappa shape index (κ2) is 6.37. The molecule has 1 fully saturated rings. The molecule has 4 heteroatoms. The van der Waals surface area contributed by atoms with Crippen molar-refractivity contribution in [2.24, 2.45) is 0 Å².